The quantitative estimate of drug-likeness (QED) is 0.870. The number of hydrogen-bond acceptors (Lipinski definition) is 3. The first kappa shape index (κ1) is 11.9. The van der Waals surface area contributed by atoms with Gasteiger partial charge in [0.15, 0.2) is 0 Å². The molecule has 1 saturated heterocycles. The Balaban J connectivity index is 1.69. The van der Waals surface area contributed by atoms with Crippen LogP contribution in [0.2, 0.25) is 0 Å². The molecule has 18 heavy (non-hydrogen) atoms. The maximum absolute atomic E-state index is 13.3. The summed E-state index contributed by atoms with van der Waals surface area (Å²) in [7, 11) is 0. The summed E-state index contributed by atoms with van der Waals surface area (Å²) in [6.45, 7) is 2.06. The summed E-state index contributed by atoms with van der Waals surface area (Å²) in [6, 6.07) is 5.33. The standard InChI is InChI=1S/C14H18FNO2/c15-11-1-4-14(18-13-5-6-17-9-13)10(7-11)8-16-12-2-3-12/h1,4,7,12-13,16H,2-3,5-6,8-9H2. The Morgan fingerprint density at radius 1 is 1.33 bits per heavy atom. The van der Waals surface area contributed by atoms with Crippen LogP contribution in [-0.4, -0.2) is 25.4 Å². The Hall–Kier alpha value is -1.13. The molecule has 0 aromatic heterocycles. The van der Waals surface area contributed by atoms with Gasteiger partial charge in [-0.25, -0.2) is 4.39 Å². The second-order valence-corrected chi connectivity index (χ2v) is 5.01. The van der Waals surface area contributed by atoms with E-state index in [0.29, 0.717) is 19.2 Å². The lowest BCUT2D eigenvalue weighted by molar-refractivity contribution is 0.140. The summed E-state index contributed by atoms with van der Waals surface area (Å²) in [6.07, 6.45) is 3.46. The van der Waals surface area contributed by atoms with Crippen LogP contribution < -0.4 is 10.1 Å². The second kappa shape index (κ2) is 5.24. The van der Waals surface area contributed by atoms with Crippen molar-refractivity contribution in [2.45, 2.75) is 38.0 Å². The Kier molecular flexibility index (Phi) is 3.48. The van der Waals surface area contributed by atoms with Crippen LogP contribution in [0.3, 0.4) is 0 Å². The maximum atomic E-state index is 13.3. The Morgan fingerprint density at radius 2 is 2.22 bits per heavy atom. The molecule has 1 unspecified atom stereocenters. The zero-order chi connectivity index (χ0) is 12.4. The van der Waals surface area contributed by atoms with Crippen molar-refractivity contribution in [3.05, 3.63) is 29.6 Å². The summed E-state index contributed by atoms with van der Waals surface area (Å²) >= 11 is 0. The predicted octanol–water partition coefficient (Wildman–Crippen LogP) is 2.25. The van der Waals surface area contributed by atoms with E-state index >= 15 is 0 Å². The Morgan fingerprint density at radius 3 is 2.94 bits per heavy atom. The molecule has 3 rings (SSSR count). The molecule has 0 spiro atoms. The molecule has 1 aromatic rings. The fourth-order valence-corrected chi connectivity index (χ4v) is 2.13. The first-order valence-electron chi connectivity index (χ1n) is 6.57. The zero-order valence-electron chi connectivity index (χ0n) is 10.3. The van der Waals surface area contributed by atoms with Crippen LogP contribution in [0, 0.1) is 5.82 Å². The SMILES string of the molecule is Fc1ccc(OC2CCOC2)c(CNC2CC2)c1. The molecule has 4 heteroatoms. The largest absolute Gasteiger partial charge is 0.488 e. The van der Waals surface area contributed by atoms with Gasteiger partial charge in [0.2, 0.25) is 0 Å². The average molecular weight is 251 g/mol. The number of halogens is 1. The van der Waals surface area contributed by atoms with Gasteiger partial charge in [-0.1, -0.05) is 0 Å². The minimum absolute atomic E-state index is 0.107. The minimum atomic E-state index is -0.211. The zero-order valence-corrected chi connectivity index (χ0v) is 10.3. The number of rotatable bonds is 5. The van der Waals surface area contributed by atoms with Gasteiger partial charge < -0.3 is 14.8 Å². The van der Waals surface area contributed by atoms with E-state index in [0.717, 1.165) is 24.3 Å². The van der Waals surface area contributed by atoms with Crippen molar-refractivity contribution in [2.24, 2.45) is 0 Å². The fraction of sp³-hybridized carbons (Fsp3) is 0.571. The third-order valence-corrected chi connectivity index (χ3v) is 3.36. The van der Waals surface area contributed by atoms with Crippen molar-refractivity contribution in [1.82, 2.24) is 5.32 Å². The van der Waals surface area contributed by atoms with Crippen LogP contribution in [0.25, 0.3) is 0 Å². The van der Waals surface area contributed by atoms with Crippen molar-refractivity contribution < 1.29 is 13.9 Å². The monoisotopic (exact) mass is 251 g/mol. The van der Waals surface area contributed by atoms with Crippen molar-refractivity contribution in [3.63, 3.8) is 0 Å². The molecule has 3 nitrogen and oxygen atoms in total. The van der Waals surface area contributed by atoms with Gasteiger partial charge in [0.25, 0.3) is 0 Å². The molecule has 1 aromatic carbocycles. The van der Waals surface area contributed by atoms with Crippen molar-refractivity contribution in [3.8, 4) is 5.75 Å². The summed E-state index contributed by atoms with van der Waals surface area (Å²) < 4.78 is 24.5. The highest BCUT2D eigenvalue weighted by Gasteiger charge is 2.22. The molecule has 1 aliphatic carbocycles. The van der Waals surface area contributed by atoms with Gasteiger partial charge in [-0.3, -0.25) is 0 Å². The molecule has 0 amide bonds. The van der Waals surface area contributed by atoms with Crippen molar-refractivity contribution in [1.29, 1.82) is 0 Å². The third kappa shape index (κ3) is 3.00. The number of ether oxygens (including phenoxy) is 2. The molecule has 2 fully saturated rings. The van der Waals surface area contributed by atoms with E-state index in [-0.39, 0.29) is 11.9 Å². The number of nitrogens with one attached hydrogen (secondary N) is 1. The van der Waals surface area contributed by atoms with E-state index in [4.69, 9.17) is 9.47 Å². The van der Waals surface area contributed by atoms with Gasteiger partial charge in [0.05, 0.1) is 13.2 Å². The smallest absolute Gasteiger partial charge is 0.124 e. The van der Waals surface area contributed by atoms with E-state index in [1.807, 2.05) is 0 Å². The van der Waals surface area contributed by atoms with Gasteiger partial charge in [0, 0.05) is 24.6 Å². The van der Waals surface area contributed by atoms with Crippen LogP contribution >= 0.6 is 0 Å². The normalized spacial score (nSPS) is 23.3. The number of hydrogen-bond donors (Lipinski definition) is 1. The van der Waals surface area contributed by atoms with Crippen LogP contribution in [0.15, 0.2) is 18.2 Å². The molecule has 2 aliphatic rings. The lowest BCUT2D eigenvalue weighted by Gasteiger charge is -2.16. The highest BCUT2D eigenvalue weighted by atomic mass is 19.1. The molecule has 0 radical (unpaired) electrons. The highest BCUT2D eigenvalue weighted by Crippen LogP contribution is 2.25. The summed E-state index contributed by atoms with van der Waals surface area (Å²) in [4.78, 5) is 0. The van der Waals surface area contributed by atoms with Gasteiger partial charge in [-0.15, -0.1) is 0 Å². The lowest BCUT2D eigenvalue weighted by Crippen LogP contribution is -2.20. The van der Waals surface area contributed by atoms with E-state index in [9.17, 15) is 4.39 Å². The van der Waals surface area contributed by atoms with Gasteiger partial charge in [0.1, 0.15) is 17.7 Å². The summed E-state index contributed by atoms with van der Waals surface area (Å²) in [5, 5.41) is 3.39. The molecule has 1 N–H and O–H groups in total. The Bertz CT molecular complexity index is 414. The molecular weight excluding hydrogens is 233 g/mol. The highest BCUT2D eigenvalue weighted by molar-refractivity contribution is 5.34. The van der Waals surface area contributed by atoms with E-state index in [2.05, 4.69) is 5.32 Å². The van der Waals surface area contributed by atoms with Crippen molar-refractivity contribution >= 4 is 0 Å². The molecule has 0 bridgehead atoms. The third-order valence-electron chi connectivity index (χ3n) is 3.36. The maximum Gasteiger partial charge on any atom is 0.124 e. The van der Waals surface area contributed by atoms with Crippen LogP contribution in [0.1, 0.15) is 24.8 Å². The molecule has 1 aliphatic heterocycles. The lowest BCUT2D eigenvalue weighted by atomic mass is 10.2. The van der Waals surface area contributed by atoms with Crippen LogP contribution in [0.4, 0.5) is 4.39 Å². The molecular formula is C14H18FNO2. The summed E-state index contributed by atoms with van der Waals surface area (Å²) in [5.74, 6) is 0.567. The van der Waals surface area contributed by atoms with Gasteiger partial charge >= 0.3 is 0 Å². The topological polar surface area (TPSA) is 30.5 Å². The number of benzene rings is 1. The van der Waals surface area contributed by atoms with Crippen LogP contribution in [0.5, 0.6) is 5.75 Å². The minimum Gasteiger partial charge on any atom is -0.488 e. The summed E-state index contributed by atoms with van der Waals surface area (Å²) in [5.41, 5.74) is 0.897. The molecule has 1 atom stereocenters. The molecule has 1 heterocycles. The predicted molar refractivity (Wildman–Crippen MR) is 66.1 cm³/mol. The Labute approximate surface area is 106 Å². The van der Waals surface area contributed by atoms with E-state index < -0.39 is 0 Å². The van der Waals surface area contributed by atoms with Crippen molar-refractivity contribution in [2.75, 3.05) is 13.2 Å². The second-order valence-electron chi connectivity index (χ2n) is 5.01. The first-order chi connectivity index (χ1) is 8.81. The van der Waals surface area contributed by atoms with Gasteiger partial charge in [-0.2, -0.15) is 0 Å². The molecule has 98 valence electrons. The van der Waals surface area contributed by atoms with E-state index in [1.54, 1.807) is 12.1 Å². The van der Waals surface area contributed by atoms with E-state index in [1.165, 1.54) is 18.9 Å². The first-order valence-corrected chi connectivity index (χ1v) is 6.57. The van der Waals surface area contributed by atoms with Crippen LogP contribution in [-0.2, 0) is 11.3 Å². The molecule has 1 saturated carbocycles. The average Bonchev–Trinajstić information content (AvgIpc) is 3.06. The van der Waals surface area contributed by atoms with Gasteiger partial charge in [-0.05, 0) is 31.0 Å². The fourth-order valence-electron chi connectivity index (χ4n) is 2.13.